The second-order valence-electron chi connectivity index (χ2n) is 32.3. The van der Waals surface area contributed by atoms with Crippen LogP contribution in [0, 0.1) is 80.9 Å². The molecule has 2 N–H and O–H groups in total. The van der Waals surface area contributed by atoms with E-state index in [2.05, 4.69) is 137 Å². The molecular formula is C109H103F2N4O14+. The van der Waals surface area contributed by atoms with E-state index in [1.54, 1.807) is 18.3 Å². The first-order valence-corrected chi connectivity index (χ1v) is 42.7. The van der Waals surface area contributed by atoms with Gasteiger partial charge in [-0.05, 0) is 234 Å². The van der Waals surface area contributed by atoms with Crippen LogP contribution in [0.15, 0.2) is 283 Å². The Balaban J connectivity index is 0.000000133. The number of halogens is 2. The smallest absolute Gasteiger partial charge is 0.263 e. The minimum Gasteiger partial charge on any atom is -0.505 e. The van der Waals surface area contributed by atoms with Crippen LogP contribution in [0.5, 0.6) is 51.7 Å². The zero-order chi connectivity index (χ0) is 90.5. The maximum atomic E-state index is 14.4. The number of oxazole rings is 1. The molecular weight excluding hydrogens is 1630 g/mol. The number of benzene rings is 13. The fourth-order valence-electron chi connectivity index (χ4n) is 15.1. The van der Waals surface area contributed by atoms with Crippen LogP contribution in [-0.4, -0.2) is 96.1 Å². The Kier molecular flexibility index (Phi) is 27.6. The zero-order valence-electron chi connectivity index (χ0n) is 74.8. The molecule has 11 aromatic carbocycles. The van der Waals surface area contributed by atoms with Crippen LogP contribution in [0.2, 0.25) is 0 Å². The van der Waals surface area contributed by atoms with Crippen LogP contribution in [0.3, 0.4) is 0 Å². The SMILES string of the molecule is Cc1ccc2cc(-c3ccc(C)c(OCCOc4ccccc4C)c3)[nH]c2c1.Cc1ccccc1OCCOc1cc(-c2c3cc(F)c(=O)cc-3oc3cc(O)c(F)cc23)ccc1C.Cc1ccccc1OCCOc1cc(-c2c3ccc(=[N+](C)C)cc-3oc3cc(N(C)C)ccc23)ccc1C.Cc1cnc(-c2cc3cc(OCCOc4ccccc4C)c(C)cc3o2)o1. The van der Waals surface area contributed by atoms with Crippen LogP contribution in [0.4, 0.5) is 14.5 Å². The summed E-state index contributed by atoms with van der Waals surface area (Å²) in [6, 6.07) is 81.5. The molecule has 5 heterocycles. The molecule has 18 rings (SSSR count). The van der Waals surface area contributed by atoms with E-state index in [0.29, 0.717) is 85.7 Å². The van der Waals surface area contributed by atoms with Gasteiger partial charge in [-0.2, -0.15) is 0 Å². The van der Waals surface area contributed by atoms with Crippen LogP contribution >= 0.6 is 0 Å². The number of phenolic OH excluding ortho intramolecular Hbond substituents is 1. The highest BCUT2D eigenvalue weighted by Gasteiger charge is 2.25. The highest BCUT2D eigenvalue weighted by atomic mass is 19.1. The highest BCUT2D eigenvalue weighted by Crippen LogP contribution is 2.46. The normalized spacial score (nSPS) is 11.1. The van der Waals surface area contributed by atoms with Gasteiger partial charge < -0.3 is 70.6 Å². The summed E-state index contributed by atoms with van der Waals surface area (Å²) in [5.74, 6) is 7.00. The van der Waals surface area contributed by atoms with Crippen LogP contribution in [-0.2, 0) is 0 Å². The first-order valence-electron chi connectivity index (χ1n) is 42.7. The van der Waals surface area contributed by atoms with Gasteiger partial charge in [0.05, 0.1) is 12.3 Å². The Morgan fingerprint density at radius 2 is 0.845 bits per heavy atom. The summed E-state index contributed by atoms with van der Waals surface area (Å²) in [5.41, 5.74) is 19.8. The lowest BCUT2D eigenvalue weighted by atomic mass is 9.92. The van der Waals surface area contributed by atoms with Gasteiger partial charge in [0.15, 0.2) is 23.1 Å². The lowest BCUT2D eigenvalue weighted by Gasteiger charge is -2.19. The van der Waals surface area contributed by atoms with Crippen molar-refractivity contribution in [2.24, 2.45) is 0 Å². The summed E-state index contributed by atoms with van der Waals surface area (Å²) in [6.07, 6.45) is 1.68. The molecule has 4 aliphatic rings. The molecule has 18 nitrogen and oxygen atoms in total. The summed E-state index contributed by atoms with van der Waals surface area (Å²) in [6.45, 7) is 23.6. The minimum absolute atomic E-state index is 0.115. The Morgan fingerprint density at radius 3 is 1.35 bits per heavy atom. The quantitative estimate of drug-likeness (QED) is 0.0311. The zero-order valence-corrected chi connectivity index (χ0v) is 74.8. The number of phenols is 1. The number of anilines is 1. The monoisotopic (exact) mass is 1730 g/mol. The highest BCUT2D eigenvalue weighted by molar-refractivity contribution is 6.04. The second kappa shape index (κ2) is 40.1. The van der Waals surface area contributed by atoms with Crippen LogP contribution in [0.1, 0.15) is 55.8 Å². The molecule has 0 fully saturated rings. The van der Waals surface area contributed by atoms with Gasteiger partial charge in [0.2, 0.25) is 10.8 Å². The number of nitrogens with zero attached hydrogens (tertiary/aromatic N) is 3. The number of fused-ring (bicyclic) bond motifs is 6. The minimum atomic E-state index is -0.950. The topological polar surface area (TPSA) is 199 Å². The summed E-state index contributed by atoms with van der Waals surface area (Å²) < 4.78 is 102. The lowest BCUT2D eigenvalue weighted by Crippen LogP contribution is -2.21. The Hall–Kier alpha value is -15.1. The standard InChI is InChI=1S/C33H35N2O3.C29H22F2O5.C25H25NO2.C22H21NO4/c1-22-9-7-8-10-29(22)36-17-18-37-30-19-24(12-11-23(30)2)33-27-15-13-25(34(3)4)20-31(27)38-32-21-26(35(5)6)14-16-28(32)33;1-16-5-3-4-6-25(16)34-9-10-35-26-11-18(8-7-17(26)2)29-19-12-21(30)23(32)14-27(19)36-28-15-24(33)22(31)13-20(28)29;1-17-8-10-20-15-23(26-22(20)14-17)21-11-9-19(3)25(16-21)28-13-12-27-24-7-5-4-6-18(24)2;1-14-6-4-5-7-18(14)24-8-9-25-19-11-17-12-21(22-23-13-16(3)26-22)27-20(17)10-15(19)2/h7-16,19-21H,17-18H2,1-6H3;3-8,11-15,32H,9-10H2,1-2H3;4-11,14-16,26H,12-13H2,1-3H3;4-7,10-13H,8-9H2,1-3H3/q+1;;;. The first kappa shape index (κ1) is 88.8. The van der Waals surface area contributed by atoms with Crippen LogP contribution < -0.4 is 58.2 Å². The number of ether oxygens (including phenoxy) is 8. The van der Waals surface area contributed by atoms with E-state index in [1.165, 1.54) is 10.9 Å². The van der Waals surface area contributed by atoms with E-state index >= 15 is 0 Å². The molecule has 3 aromatic heterocycles. The third-order valence-corrected chi connectivity index (χ3v) is 22.2. The summed E-state index contributed by atoms with van der Waals surface area (Å²) in [5, 5.41) is 14.5. The maximum absolute atomic E-state index is 14.4. The van der Waals surface area contributed by atoms with Crippen molar-refractivity contribution >= 4 is 49.5 Å². The number of para-hydroxylation sites is 4. The number of aromatic hydroxyl groups is 1. The molecule has 0 spiro atoms. The predicted molar refractivity (Wildman–Crippen MR) is 508 cm³/mol. The van der Waals surface area contributed by atoms with Crippen molar-refractivity contribution in [2.75, 3.05) is 85.9 Å². The third kappa shape index (κ3) is 21.2. The van der Waals surface area contributed by atoms with Gasteiger partial charge in [-0.25, -0.2) is 18.3 Å². The molecule has 2 aliphatic carbocycles. The molecule has 0 amide bonds. The first-order chi connectivity index (χ1) is 62.3. The van der Waals surface area contributed by atoms with E-state index in [-0.39, 0.29) is 18.0 Å². The van der Waals surface area contributed by atoms with Crippen LogP contribution in [0.25, 0.3) is 112 Å². The number of aromatic amines is 1. The molecule has 0 saturated carbocycles. The molecule has 656 valence electrons. The fraction of sp³-hybridized carbons (Fsp3) is 0.202. The van der Waals surface area contributed by atoms with Crippen molar-refractivity contribution < 1.29 is 69.5 Å². The predicted octanol–water partition coefficient (Wildman–Crippen LogP) is 24.7. The Labute approximate surface area is 748 Å². The number of H-pyrrole nitrogens is 1. The number of aromatic nitrogens is 2. The number of rotatable bonds is 25. The lowest BCUT2D eigenvalue weighted by molar-refractivity contribution is 0.215. The van der Waals surface area contributed by atoms with E-state index < -0.39 is 22.8 Å². The van der Waals surface area contributed by atoms with E-state index in [0.717, 1.165) is 187 Å². The summed E-state index contributed by atoms with van der Waals surface area (Å²) in [4.78, 5) is 21.7. The molecule has 14 aromatic rings. The van der Waals surface area contributed by atoms with Gasteiger partial charge in [-0.15, -0.1) is 0 Å². The van der Waals surface area contributed by atoms with Gasteiger partial charge in [0.1, 0.15) is 147 Å². The second-order valence-corrected chi connectivity index (χ2v) is 32.3. The summed E-state index contributed by atoms with van der Waals surface area (Å²) in [7, 11) is 8.17. The van der Waals surface area contributed by atoms with Crippen molar-refractivity contribution in [3.05, 3.63) is 344 Å². The van der Waals surface area contributed by atoms with Crippen molar-refractivity contribution in [3.63, 3.8) is 0 Å². The van der Waals surface area contributed by atoms with Crippen molar-refractivity contribution in [2.45, 2.75) is 69.2 Å². The largest absolute Gasteiger partial charge is 0.505 e. The Morgan fingerprint density at radius 1 is 0.380 bits per heavy atom. The van der Waals surface area contributed by atoms with Gasteiger partial charge >= 0.3 is 0 Å². The van der Waals surface area contributed by atoms with E-state index in [4.69, 9.17) is 55.6 Å². The van der Waals surface area contributed by atoms with Gasteiger partial charge in [0, 0.05) is 105 Å². The molecule has 0 unspecified atom stereocenters. The molecule has 0 radical (unpaired) electrons. The molecule has 129 heavy (non-hydrogen) atoms. The molecule has 0 bridgehead atoms. The van der Waals surface area contributed by atoms with Crippen molar-refractivity contribution in [1.82, 2.24) is 14.5 Å². The molecule has 0 atom stereocenters. The average Bonchev–Trinajstić information content (AvgIpc) is 1.74. The molecule has 0 saturated heterocycles. The number of nitrogens with one attached hydrogen (secondary N) is 1. The molecule has 20 heteroatoms. The van der Waals surface area contributed by atoms with E-state index in [9.17, 15) is 18.7 Å². The fourth-order valence-corrected chi connectivity index (χ4v) is 15.1. The third-order valence-electron chi connectivity index (χ3n) is 22.2. The van der Waals surface area contributed by atoms with Gasteiger partial charge in [-0.3, -0.25) is 4.79 Å². The number of hydrogen-bond acceptors (Lipinski definition) is 16. The van der Waals surface area contributed by atoms with Gasteiger partial charge in [0.25, 0.3) is 5.89 Å². The number of aryl methyl sites for hydroxylation is 10. The van der Waals surface area contributed by atoms with Crippen molar-refractivity contribution in [3.8, 4) is 120 Å². The average molecular weight is 1730 g/mol. The summed E-state index contributed by atoms with van der Waals surface area (Å²) >= 11 is 0. The maximum Gasteiger partial charge on any atom is 0.263 e. The number of furan rings is 1. The van der Waals surface area contributed by atoms with E-state index in [1.807, 2.05) is 198 Å². The number of hydrogen-bond donors (Lipinski definition) is 2. The van der Waals surface area contributed by atoms with Gasteiger partial charge in [-0.1, -0.05) is 121 Å². The Bertz CT molecular complexity index is 7130. The molecule has 2 aliphatic heterocycles. The van der Waals surface area contributed by atoms with Crippen molar-refractivity contribution in [1.29, 1.82) is 0 Å².